The number of carbonyl (C=O) groups excluding carboxylic acids is 1. The van der Waals surface area contributed by atoms with Gasteiger partial charge in [0.1, 0.15) is 4.88 Å². The second kappa shape index (κ2) is 5.41. The summed E-state index contributed by atoms with van der Waals surface area (Å²) in [5.41, 5.74) is 7.40. The summed E-state index contributed by atoms with van der Waals surface area (Å²) in [5.74, 6) is -0.161. The summed E-state index contributed by atoms with van der Waals surface area (Å²) >= 11 is 3.63. The molecule has 0 aliphatic heterocycles. The van der Waals surface area contributed by atoms with Gasteiger partial charge >= 0.3 is 0 Å². The Morgan fingerprint density at radius 3 is 2.70 bits per heavy atom. The highest BCUT2D eigenvalue weighted by molar-refractivity contribution is 14.1. The standard InChI is InChI=1S/C15H11IN2OS/c16-9-4-3-5-10(8-9)18-15(19)14-13(17)11-6-1-2-7-12(11)20-14/h1-8H,17H2,(H,18,19). The van der Waals surface area contributed by atoms with Gasteiger partial charge in [-0.15, -0.1) is 11.3 Å². The first kappa shape index (κ1) is 13.4. The van der Waals surface area contributed by atoms with Crippen molar-refractivity contribution < 1.29 is 4.79 Å². The minimum absolute atomic E-state index is 0.161. The number of nitrogens with one attached hydrogen (secondary N) is 1. The number of rotatable bonds is 2. The lowest BCUT2D eigenvalue weighted by atomic mass is 10.2. The van der Waals surface area contributed by atoms with Crippen molar-refractivity contribution in [2.24, 2.45) is 0 Å². The van der Waals surface area contributed by atoms with Crippen molar-refractivity contribution in [1.82, 2.24) is 0 Å². The van der Waals surface area contributed by atoms with Crippen LogP contribution in [-0.4, -0.2) is 5.91 Å². The van der Waals surface area contributed by atoms with Crippen molar-refractivity contribution in [3.8, 4) is 0 Å². The van der Waals surface area contributed by atoms with Crippen molar-refractivity contribution in [3.63, 3.8) is 0 Å². The van der Waals surface area contributed by atoms with Crippen molar-refractivity contribution in [1.29, 1.82) is 0 Å². The zero-order valence-electron chi connectivity index (χ0n) is 10.4. The molecule has 0 aliphatic carbocycles. The third kappa shape index (κ3) is 2.51. The van der Waals surface area contributed by atoms with E-state index in [-0.39, 0.29) is 5.91 Å². The van der Waals surface area contributed by atoms with Crippen LogP contribution in [0.4, 0.5) is 11.4 Å². The molecule has 0 bridgehead atoms. The van der Waals surface area contributed by atoms with Crippen LogP contribution in [0.5, 0.6) is 0 Å². The van der Waals surface area contributed by atoms with Gasteiger partial charge in [-0.1, -0.05) is 24.3 Å². The fourth-order valence-corrected chi connectivity index (χ4v) is 3.55. The Kier molecular flexibility index (Phi) is 3.62. The minimum atomic E-state index is -0.161. The number of hydrogen-bond acceptors (Lipinski definition) is 3. The molecular formula is C15H11IN2OS. The number of hydrogen-bond donors (Lipinski definition) is 2. The van der Waals surface area contributed by atoms with E-state index in [1.54, 1.807) is 0 Å². The van der Waals surface area contributed by atoms with Gasteiger partial charge < -0.3 is 11.1 Å². The van der Waals surface area contributed by atoms with Crippen LogP contribution >= 0.6 is 33.9 Å². The van der Waals surface area contributed by atoms with Crippen LogP contribution in [0.15, 0.2) is 48.5 Å². The maximum Gasteiger partial charge on any atom is 0.267 e. The van der Waals surface area contributed by atoms with Crippen molar-refractivity contribution in [3.05, 3.63) is 57.0 Å². The van der Waals surface area contributed by atoms with Crippen LogP contribution in [0.3, 0.4) is 0 Å². The van der Waals surface area contributed by atoms with E-state index in [0.717, 1.165) is 19.3 Å². The normalized spacial score (nSPS) is 10.7. The molecule has 3 aromatic rings. The summed E-state index contributed by atoms with van der Waals surface area (Å²) in [4.78, 5) is 12.9. The van der Waals surface area contributed by atoms with Gasteiger partial charge in [0.2, 0.25) is 0 Å². The first-order valence-corrected chi connectivity index (χ1v) is 7.88. The second-order valence-corrected chi connectivity index (χ2v) is 6.60. The van der Waals surface area contributed by atoms with Crippen LogP contribution < -0.4 is 11.1 Å². The van der Waals surface area contributed by atoms with E-state index in [4.69, 9.17) is 5.73 Å². The number of anilines is 2. The maximum atomic E-state index is 12.3. The van der Waals surface area contributed by atoms with E-state index < -0.39 is 0 Å². The number of thiophene rings is 1. The molecule has 0 radical (unpaired) electrons. The van der Waals surface area contributed by atoms with Crippen molar-refractivity contribution in [2.75, 3.05) is 11.1 Å². The molecule has 5 heteroatoms. The summed E-state index contributed by atoms with van der Waals surface area (Å²) in [6.45, 7) is 0. The fourth-order valence-electron chi connectivity index (χ4n) is 1.99. The van der Waals surface area contributed by atoms with E-state index >= 15 is 0 Å². The Morgan fingerprint density at radius 1 is 1.15 bits per heavy atom. The Bertz CT molecular complexity index is 797. The van der Waals surface area contributed by atoms with Gasteiger partial charge in [-0.05, 0) is 46.9 Å². The molecule has 3 rings (SSSR count). The number of benzene rings is 2. The molecule has 1 aromatic heterocycles. The van der Waals surface area contributed by atoms with Crippen molar-refractivity contribution in [2.45, 2.75) is 0 Å². The van der Waals surface area contributed by atoms with E-state index in [9.17, 15) is 4.79 Å². The molecule has 100 valence electrons. The lowest BCUT2D eigenvalue weighted by molar-refractivity contribution is 0.103. The number of amides is 1. The zero-order chi connectivity index (χ0) is 14.1. The monoisotopic (exact) mass is 394 g/mol. The average molecular weight is 394 g/mol. The molecule has 0 spiro atoms. The SMILES string of the molecule is Nc1c(C(=O)Nc2cccc(I)c2)sc2ccccc12. The predicted molar refractivity (Wildman–Crippen MR) is 93.3 cm³/mol. The molecule has 2 aromatic carbocycles. The summed E-state index contributed by atoms with van der Waals surface area (Å²) in [7, 11) is 0. The maximum absolute atomic E-state index is 12.3. The van der Waals surface area contributed by atoms with E-state index in [0.29, 0.717) is 10.6 Å². The molecule has 0 unspecified atom stereocenters. The molecule has 1 heterocycles. The molecule has 0 atom stereocenters. The highest BCUT2D eigenvalue weighted by atomic mass is 127. The summed E-state index contributed by atoms with van der Waals surface area (Å²) in [5, 5.41) is 3.82. The quantitative estimate of drug-likeness (QED) is 0.636. The van der Waals surface area contributed by atoms with Crippen LogP contribution in [-0.2, 0) is 0 Å². The summed E-state index contributed by atoms with van der Waals surface area (Å²) in [6, 6.07) is 15.4. The number of carbonyl (C=O) groups is 1. The molecule has 3 nitrogen and oxygen atoms in total. The first-order chi connectivity index (χ1) is 9.65. The molecule has 0 aliphatic rings. The van der Waals surface area contributed by atoms with Gasteiger partial charge in [0, 0.05) is 19.3 Å². The minimum Gasteiger partial charge on any atom is -0.397 e. The number of nitrogen functional groups attached to an aromatic ring is 1. The smallest absolute Gasteiger partial charge is 0.267 e. The number of nitrogens with two attached hydrogens (primary N) is 1. The Hall–Kier alpha value is -1.60. The van der Waals surface area contributed by atoms with Gasteiger partial charge in [-0.3, -0.25) is 4.79 Å². The van der Waals surface area contributed by atoms with Crippen LogP contribution in [0.25, 0.3) is 10.1 Å². The second-order valence-electron chi connectivity index (χ2n) is 4.31. The molecule has 20 heavy (non-hydrogen) atoms. The van der Waals surface area contributed by atoms with Gasteiger partial charge in [0.15, 0.2) is 0 Å². The Balaban J connectivity index is 1.95. The molecule has 0 saturated heterocycles. The van der Waals surface area contributed by atoms with Gasteiger partial charge in [-0.25, -0.2) is 0 Å². The molecule has 0 saturated carbocycles. The fraction of sp³-hybridized carbons (Fsp3) is 0. The Labute approximate surface area is 133 Å². The third-order valence-electron chi connectivity index (χ3n) is 2.92. The van der Waals surface area contributed by atoms with E-state index in [2.05, 4.69) is 27.9 Å². The molecule has 1 amide bonds. The first-order valence-electron chi connectivity index (χ1n) is 5.99. The highest BCUT2D eigenvalue weighted by Gasteiger charge is 2.16. The van der Waals surface area contributed by atoms with E-state index in [1.165, 1.54) is 11.3 Å². The Morgan fingerprint density at radius 2 is 1.95 bits per heavy atom. The van der Waals surface area contributed by atoms with Crippen LogP contribution in [0.2, 0.25) is 0 Å². The van der Waals surface area contributed by atoms with Crippen LogP contribution in [0, 0.1) is 3.57 Å². The summed E-state index contributed by atoms with van der Waals surface area (Å²) < 4.78 is 2.10. The van der Waals surface area contributed by atoms with Crippen LogP contribution in [0.1, 0.15) is 9.67 Å². The molecule has 0 fully saturated rings. The lowest BCUT2D eigenvalue weighted by Crippen LogP contribution is -2.11. The predicted octanol–water partition coefficient (Wildman–Crippen LogP) is 4.34. The van der Waals surface area contributed by atoms with Gasteiger partial charge in [0.25, 0.3) is 5.91 Å². The van der Waals surface area contributed by atoms with Gasteiger partial charge in [0.05, 0.1) is 5.69 Å². The third-order valence-corrected chi connectivity index (χ3v) is 4.78. The zero-order valence-corrected chi connectivity index (χ0v) is 13.4. The van der Waals surface area contributed by atoms with E-state index in [1.807, 2.05) is 48.5 Å². The molecule has 3 N–H and O–H groups in total. The lowest BCUT2D eigenvalue weighted by Gasteiger charge is -2.04. The highest BCUT2D eigenvalue weighted by Crippen LogP contribution is 2.33. The van der Waals surface area contributed by atoms with Gasteiger partial charge in [-0.2, -0.15) is 0 Å². The van der Waals surface area contributed by atoms with Crippen molar-refractivity contribution >= 4 is 61.3 Å². The molecular weight excluding hydrogens is 383 g/mol. The average Bonchev–Trinajstić information content (AvgIpc) is 2.77. The summed E-state index contributed by atoms with van der Waals surface area (Å²) in [6.07, 6.45) is 0. The topological polar surface area (TPSA) is 55.1 Å². The largest absolute Gasteiger partial charge is 0.397 e. The number of halogens is 1. The number of fused-ring (bicyclic) bond motifs is 1.